The van der Waals surface area contributed by atoms with Gasteiger partial charge in [0.05, 0.1) is 21.9 Å². The Balaban J connectivity index is 2.22. The van der Waals surface area contributed by atoms with Crippen molar-refractivity contribution in [3.63, 3.8) is 0 Å². The van der Waals surface area contributed by atoms with E-state index in [9.17, 15) is 0 Å². The Morgan fingerprint density at radius 1 is 1.29 bits per heavy atom. The number of thiophene rings is 1. The Kier molecular flexibility index (Phi) is 4.09. The average Bonchev–Trinajstić information content (AvgIpc) is 2.70. The van der Waals surface area contributed by atoms with E-state index in [0.29, 0.717) is 11.8 Å². The molecule has 96 valence electrons. The van der Waals surface area contributed by atoms with E-state index < -0.39 is 0 Å². The number of ether oxygens (including phenoxy) is 1. The number of alkyl halides is 1. The Morgan fingerprint density at radius 3 is 2.35 bits per heavy atom. The van der Waals surface area contributed by atoms with Gasteiger partial charge in [0.1, 0.15) is 0 Å². The molecule has 4 heteroatoms. The molecule has 0 radical (unpaired) electrons. The Morgan fingerprint density at radius 2 is 1.94 bits per heavy atom. The third-order valence-electron chi connectivity index (χ3n) is 3.80. The lowest BCUT2D eigenvalue weighted by Gasteiger charge is -2.23. The van der Waals surface area contributed by atoms with Crippen molar-refractivity contribution in [2.45, 2.75) is 45.3 Å². The minimum Gasteiger partial charge on any atom is -0.375 e. The number of aryl methyl sites for hydroxylation is 1. The number of rotatable bonds is 2. The molecule has 0 aromatic carbocycles. The van der Waals surface area contributed by atoms with Crippen molar-refractivity contribution < 1.29 is 4.74 Å². The minimum absolute atomic E-state index is 0.00106. The van der Waals surface area contributed by atoms with E-state index >= 15 is 0 Å². The Hall–Kier alpha value is 0.240. The molecule has 2 rings (SSSR count). The minimum atomic E-state index is 0.00106. The summed E-state index contributed by atoms with van der Waals surface area (Å²) in [6.07, 6.45) is 0.497. The van der Waals surface area contributed by atoms with E-state index in [1.165, 1.54) is 0 Å². The summed E-state index contributed by atoms with van der Waals surface area (Å²) in [7, 11) is 0. The molecule has 0 N–H and O–H groups in total. The SMILES string of the molecule is Cc1cc(C(Cl)C2C(C)OC(C)C2C)sc1Cl. The maximum Gasteiger partial charge on any atom is 0.0960 e. The molecule has 0 spiro atoms. The molecular formula is C13H18Cl2OS. The molecule has 1 nitrogen and oxygen atoms in total. The molecule has 1 aliphatic heterocycles. The van der Waals surface area contributed by atoms with E-state index in [1.807, 2.05) is 6.92 Å². The summed E-state index contributed by atoms with van der Waals surface area (Å²) >= 11 is 14.3. The fourth-order valence-electron chi connectivity index (χ4n) is 2.61. The average molecular weight is 293 g/mol. The molecule has 17 heavy (non-hydrogen) atoms. The van der Waals surface area contributed by atoms with Gasteiger partial charge in [0.2, 0.25) is 0 Å². The van der Waals surface area contributed by atoms with Crippen molar-refractivity contribution in [3.8, 4) is 0 Å². The summed E-state index contributed by atoms with van der Waals surface area (Å²) in [6, 6.07) is 2.10. The number of hydrogen-bond donors (Lipinski definition) is 0. The molecule has 1 saturated heterocycles. The standard InChI is InChI=1S/C13H18Cl2OS/c1-6-5-10(17-13(6)15)12(14)11-7(2)8(3)16-9(11)4/h5,7-9,11-12H,1-4H3. The zero-order chi connectivity index (χ0) is 12.7. The number of halogens is 2. The van der Waals surface area contributed by atoms with E-state index in [4.69, 9.17) is 27.9 Å². The smallest absolute Gasteiger partial charge is 0.0960 e. The first-order valence-electron chi connectivity index (χ1n) is 5.97. The molecule has 1 fully saturated rings. The van der Waals surface area contributed by atoms with Gasteiger partial charge in [-0.1, -0.05) is 18.5 Å². The Bertz CT molecular complexity index is 385. The molecule has 5 unspecified atom stereocenters. The summed E-state index contributed by atoms with van der Waals surface area (Å²) < 4.78 is 6.70. The lowest BCUT2D eigenvalue weighted by molar-refractivity contribution is 0.0508. The van der Waals surface area contributed by atoms with Gasteiger partial charge in [-0.25, -0.2) is 0 Å². The van der Waals surface area contributed by atoms with Crippen LogP contribution in [0.4, 0.5) is 0 Å². The zero-order valence-electron chi connectivity index (χ0n) is 10.5. The van der Waals surface area contributed by atoms with Gasteiger partial charge in [0, 0.05) is 10.8 Å². The highest BCUT2D eigenvalue weighted by Crippen LogP contribution is 2.46. The maximum absolute atomic E-state index is 6.62. The van der Waals surface area contributed by atoms with Crippen LogP contribution in [0.25, 0.3) is 0 Å². The van der Waals surface area contributed by atoms with Gasteiger partial charge in [-0.05, 0) is 38.3 Å². The lowest BCUT2D eigenvalue weighted by atomic mass is 9.86. The Labute approximate surface area is 117 Å². The van der Waals surface area contributed by atoms with Crippen LogP contribution in [0.5, 0.6) is 0 Å². The van der Waals surface area contributed by atoms with Crippen molar-refractivity contribution in [2.75, 3.05) is 0 Å². The predicted molar refractivity (Wildman–Crippen MR) is 75.3 cm³/mol. The second-order valence-corrected chi connectivity index (χ2v) is 7.15. The van der Waals surface area contributed by atoms with Crippen molar-refractivity contribution >= 4 is 34.5 Å². The third-order valence-corrected chi connectivity index (χ3v) is 6.10. The fourth-order valence-corrected chi connectivity index (χ4v) is 4.49. The van der Waals surface area contributed by atoms with Gasteiger partial charge in [0.25, 0.3) is 0 Å². The normalized spacial score (nSPS) is 35.2. The monoisotopic (exact) mass is 292 g/mol. The molecule has 2 heterocycles. The van der Waals surface area contributed by atoms with E-state index in [1.54, 1.807) is 11.3 Å². The van der Waals surface area contributed by atoms with Gasteiger partial charge in [-0.3, -0.25) is 0 Å². The molecule has 1 aromatic rings. The van der Waals surface area contributed by atoms with Crippen LogP contribution >= 0.6 is 34.5 Å². The molecule has 0 bridgehead atoms. The van der Waals surface area contributed by atoms with E-state index in [0.717, 1.165) is 14.8 Å². The maximum atomic E-state index is 6.62. The topological polar surface area (TPSA) is 9.23 Å². The van der Waals surface area contributed by atoms with Crippen LogP contribution in [0, 0.1) is 18.8 Å². The lowest BCUT2D eigenvalue weighted by Crippen LogP contribution is -2.21. The summed E-state index contributed by atoms with van der Waals surface area (Å²) in [5.41, 5.74) is 1.12. The highest BCUT2D eigenvalue weighted by Gasteiger charge is 2.42. The first-order chi connectivity index (χ1) is 7.91. The summed E-state index contributed by atoms with van der Waals surface area (Å²) in [5, 5.41) is 0.00106. The quantitative estimate of drug-likeness (QED) is 0.693. The van der Waals surface area contributed by atoms with Gasteiger partial charge in [-0.2, -0.15) is 0 Å². The molecule has 1 aromatic heterocycles. The molecule has 0 amide bonds. The first-order valence-corrected chi connectivity index (χ1v) is 7.60. The van der Waals surface area contributed by atoms with Crippen LogP contribution in [0.15, 0.2) is 6.07 Å². The first kappa shape index (κ1) is 13.7. The van der Waals surface area contributed by atoms with Crippen LogP contribution in [0.3, 0.4) is 0 Å². The van der Waals surface area contributed by atoms with Crippen LogP contribution in [-0.2, 0) is 4.74 Å². The van der Waals surface area contributed by atoms with Gasteiger partial charge in [0.15, 0.2) is 0 Å². The van der Waals surface area contributed by atoms with Gasteiger partial charge >= 0.3 is 0 Å². The molecule has 0 aliphatic carbocycles. The highest BCUT2D eigenvalue weighted by atomic mass is 35.5. The van der Waals surface area contributed by atoms with Crippen molar-refractivity contribution in [1.82, 2.24) is 0 Å². The van der Waals surface area contributed by atoms with Crippen molar-refractivity contribution in [2.24, 2.45) is 11.8 Å². The highest BCUT2D eigenvalue weighted by molar-refractivity contribution is 7.16. The largest absolute Gasteiger partial charge is 0.375 e. The summed E-state index contributed by atoms with van der Waals surface area (Å²) in [6.45, 7) is 8.47. The summed E-state index contributed by atoms with van der Waals surface area (Å²) in [5.74, 6) is 0.842. The summed E-state index contributed by atoms with van der Waals surface area (Å²) in [4.78, 5) is 1.16. The molecule has 5 atom stereocenters. The van der Waals surface area contributed by atoms with Crippen LogP contribution in [0.1, 0.15) is 36.6 Å². The van der Waals surface area contributed by atoms with Gasteiger partial charge < -0.3 is 4.74 Å². The molecule has 1 aliphatic rings. The fraction of sp³-hybridized carbons (Fsp3) is 0.692. The van der Waals surface area contributed by atoms with Crippen LogP contribution in [-0.4, -0.2) is 12.2 Å². The van der Waals surface area contributed by atoms with Gasteiger partial charge in [-0.15, -0.1) is 22.9 Å². The van der Waals surface area contributed by atoms with Crippen LogP contribution in [0.2, 0.25) is 4.34 Å². The van der Waals surface area contributed by atoms with Crippen LogP contribution < -0.4 is 0 Å². The van der Waals surface area contributed by atoms with E-state index in [-0.39, 0.29) is 17.6 Å². The van der Waals surface area contributed by atoms with Crippen molar-refractivity contribution in [1.29, 1.82) is 0 Å². The predicted octanol–water partition coefficient (Wildman–Crippen LogP) is 5.05. The zero-order valence-corrected chi connectivity index (χ0v) is 12.9. The third kappa shape index (κ3) is 2.51. The molecule has 0 saturated carbocycles. The number of hydrogen-bond acceptors (Lipinski definition) is 2. The second-order valence-electron chi connectivity index (χ2n) is 4.99. The van der Waals surface area contributed by atoms with E-state index in [2.05, 4.69) is 26.8 Å². The second kappa shape index (κ2) is 5.08. The molecular weight excluding hydrogens is 275 g/mol. The van der Waals surface area contributed by atoms with Crippen molar-refractivity contribution in [3.05, 3.63) is 20.8 Å².